The molecule has 0 unspecified atom stereocenters. The van der Waals surface area contributed by atoms with Crippen molar-refractivity contribution in [3.63, 3.8) is 0 Å². The predicted molar refractivity (Wildman–Crippen MR) is 130 cm³/mol. The summed E-state index contributed by atoms with van der Waals surface area (Å²) in [7, 11) is 1.41. The van der Waals surface area contributed by atoms with Crippen LogP contribution in [-0.2, 0) is 16.8 Å². The predicted octanol–water partition coefficient (Wildman–Crippen LogP) is 3.54. The SMILES string of the molecule is CNC(=O)c1nn(CC2(n3cc(C)c4cccnc43)CCCC2)cc(OC(=O)OC(C)(C)C)c1=O. The molecule has 0 radical (unpaired) electrons. The highest BCUT2D eigenvalue weighted by Crippen LogP contribution is 2.40. The molecular formula is C25H31N5O5. The Morgan fingerprint density at radius 3 is 2.57 bits per heavy atom. The van der Waals surface area contributed by atoms with Crippen molar-refractivity contribution >= 4 is 23.1 Å². The smallest absolute Gasteiger partial charge is 0.428 e. The number of amides is 1. The Bertz CT molecular complexity index is 1330. The zero-order valence-electron chi connectivity index (χ0n) is 20.8. The summed E-state index contributed by atoms with van der Waals surface area (Å²) in [6.07, 6.45) is 8.01. The first-order chi connectivity index (χ1) is 16.5. The van der Waals surface area contributed by atoms with E-state index in [9.17, 15) is 14.4 Å². The van der Waals surface area contributed by atoms with Gasteiger partial charge in [-0.15, -0.1) is 0 Å². The van der Waals surface area contributed by atoms with Crippen molar-refractivity contribution in [2.24, 2.45) is 0 Å². The van der Waals surface area contributed by atoms with E-state index in [4.69, 9.17) is 9.47 Å². The summed E-state index contributed by atoms with van der Waals surface area (Å²) < 4.78 is 14.1. The van der Waals surface area contributed by atoms with Gasteiger partial charge >= 0.3 is 6.16 Å². The lowest BCUT2D eigenvalue weighted by Gasteiger charge is -2.32. The standard InChI is InChI=1S/C25H31N5O5/c1-16-13-30(21-17(16)9-8-12-27-21)25(10-6-7-11-25)15-29-14-18(34-23(33)35-24(2,3)4)20(31)19(28-29)22(32)26-5/h8-9,12-14H,6-7,10-11,15H2,1-5H3,(H,26,32). The Morgan fingerprint density at radius 2 is 1.91 bits per heavy atom. The van der Waals surface area contributed by atoms with Gasteiger partial charge in [-0.2, -0.15) is 5.10 Å². The van der Waals surface area contributed by atoms with Crippen LogP contribution in [0.25, 0.3) is 11.0 Å². The molecule has 1 aliphatic rings. The van der Waals surface area contributed by atoms with Crippen molar-refractivity contribution < 1.29 is 19.1 Å². The number of nitrogens with zero attached hydrogens (tertiary/aromatic N) is 4. The lowest BCUT2D eigenvalue weighted by atomic mass is 9.97. The minimum absolute atomic E-state index is 0.312. The van der Waals surface area contributed by atoms with Crippen LogP contribution in [0.4, 0.5) is 4.79 Å². The molecule has 10 heteroatoms. The average molecular weight is 482 g/mol. The fourth-order valence-electron chi connectivity index (χ4n) is 4.69. The largest absolute Gasteiger partial charge is 0.514 e. The van der Waals surface area contributed by atoms with Crippen LogP contribution < -0.4 is 15.5 Å². The van der Waals surface area contributed by atoms with E-state index in [-0.39, 0.29) is 17.0 Å². The zero-order chi connectivity index (χ0) is 25.4. The number of nitrogens with one attached hydrogen (secondary N) is 1. The quantitative estimate of drug-likeness (QED) is 0.554. The molecule has 0 aliphatic heterocycles. The van der Waals surface area contributed by atoms with Gasteiger partial charge in [0.15, 0.2) is 5.69 Å². The maximum Gasteiger partial charge on any atom is 0.514 e. The Hall–Kier alpha value is -3.69. The molecule has 1 fully saturated rings. The van der Waals surface area contributed by atoms with Crippen LogP contribution in [0.2, 0.25) is 0 Å². The molecule has 0 atom stereocenters. The van der Waals surface area contributed by atoms with Gasteiger partial charge in [-0.25, -0.2) is 9.78 Å². The molecule has 35 heavy (non-hydrogen) atoms. The maximum atomic E-state index is 12.9. The monoisotopic (exact) mass is 481 g/mol. The molecule has 1 amide bonds. The van der Waals surface area contributed by atoms with Gasteiger partial charge < -0.3 is 19.4 Å². The summed E-state index contributed by atoms with van der Waals surface area (Å²) in [5, 5.41) is 7.84. The Morgan fingerprint density at radius 1 is 1.20 bits per heavy atom. The van der Waals surface area contributed by atoms with E-state index in [0.29, 0.717) is 6.54 Å². The summed E-state index contributed by atoms with van der Waals surface area (Å²) in [5.74, 6) is -0.976. The number of hydrogen-bond acceptors (Lipinski definition) is 7. The molecule has 4 rings (SSSR count). The van der Waals surface area contributed by atoms with Crippen molar-refractivity contribution in [3.8, 4) is 5.75 Å². The maximum absolute atomic E-state index is 12.9. The van der Waals surface area contributed by atoms with E-state index in [1.54, 1.807) is 27.0 Å². The first-order valence-corrected chi connectivity index (χ1v) is 11.7. The molecule has 1 saturated carbocycles. The Labute approximate surface area is 203 Å². The van der Waals surface area contributed by atoms with Crippen LogP contribution in [0, 0.1) is 6.92 Å². The topological polar surface area (TPSA) is 117 Å². The van der Waals surface area contributed by atoms with Gasteiger partial charge in [0.1, 0.15) is 11.2 Å². The number of pyridine rings is 1. The molecule has 0 bridgehead atoms. The van der Waals surface area contributed by atoms with E-state index in [0.717, 1.165) is 42.3 Å². The second kappa shape index (κ2) is 9.16. The molecular weight excluding hydrogens is 450 g/mol. The van der Waals surface area contributed by atoms with Gasteiger partial charge in [-0.3, -0.25) is 14.3 Å². The molecule has 0 spiro atoms. The van der Waals surface area contributed by atoms with Gasteiger partial charge in [0, 0.05) is 24.8 Å². The van der Waals surface area contributed by atoms with Gasteiger partial charge in [0.25, 0.3) is 11.3 Å². The molecule has 10 nitrogen and oxygen atoms in total. The van der Waals surface area contributed by atoms with Crippen LogP contribution in [0.5, 0.6) is 5.75 Å². The van der Waals surface area contributed by atoms with Crippen molar-refractivity contribution in [1.82, 2.24) is 24.6 Å². The minimum atomic E-state index is -1.03. The van der Waals surface area contributed by atoms with Crippen LogP contribution in [0.3, 0.4) is 0 Å². The van der Waals surface area contributed by atoms with Gasteiger partial charge in [-0.05, 0) is 58.2 Å². The van der Waals surface area contributed by atoms with E-state index in [1.807, 2.05) is 12.1 Å². The third-order valence-electron chi connectivity index (χ3n) is 6.22. The average Bonchev–Trinajstić information content (AvgIpc) is 3.39. The van der Waals surface area contributed by atoms with Crippen LogP contribution >= 0.6 is 0 Å². The fraction of sp³-hybridized carbons (Fsp3) is 0.480. The van der Waals surface area contributed by atoms with Crippen LogP contribution in [-0.4, -0.2) is 44.0 Å². The molecule has 0 saturated heterocycles. The van der Waals surface area contributed by atoms with E-state index < -0.39 is 23.1 Å². The van der Waals surface area contributed by atoms with Gasteiger partial charge in [0.05, 0.1) is 18.3 Å². The van der Waals surface area contributed by atoms with Gasteiger partial charge in [-0.1, -0.05) is 12.8 Å². The molecule has 1 N–H and O–H groups in total. The summed E-state index contributed by atoms with van der Waals surface area (Å²) in [5.41, 5.74) is -0.311. The van der Waals surface area contributed by atoms with E-state index >= 15 is 0 Å². The number of fused-ring (bicyclic) bond motifs is 1. The van der Waals surface area contributed by atoms with Gasteiger partial charge in [0.2, 0.25) is 5.75 Å². The number of aromatic nitrogens is 4. The Balaban J connectivity index is 1.78. The summed E-state index contributed by atoms with van der Waals surface area (Å²) in [6, 6.07) is 3.96. The molecule has 3 heterocycles. The lowest BCUT2D eigenvalue weighted by Crippen LogP contribution is -2.38. The number of aryl methyl sites for hydroxylation is 1. The minimum Gasteiger partial charge on any atom is -0.428 e. The summed E-state index contributed by atoms with van der Waals surface area (Å²) >= 11 is 0. The number of rotatable bonds is 5. The van der Waals surface area contributed by atoms with E-state index in [2.05, 4.69) is 33.1 Å². The van der Waals surface area contributed by atoms with Crippen molar-refractivity contribution in [3.05, 3.63) is 52.2 Å². The normalized spacial score (nSPS) is 15.2. The third-order valence-corrected chi connectivity index (χ3v) is 6.22. The molecule has 1 aliphatic carbocycles. The molecule has 3 aromatic rings. The van der Waals surface area contributed by atoms with E-state index in [1.165, 1.54) is 17.9 Å². The second-order valence-electron chi connectivity index (χ2n) is 10.0. The van der Waals surface area contributed by atoms with Crippen LogP contribution in [0.1, 0.15) is 62.5 Å². The third kappa shape index (κ3) is 4.91. The highest BCUT2D eigenvalue weighted by atomic mass is 16.7. The highest BCUT2D eigenvalue weighted by molar-refractivity contribution is 5.92. The number of hydrogen-bond donors (Lipinski definition) is 1. The van der Waals surface area contributed by atoms with Crippen molar-refractivity contribution in [2.45, 2.75) is 71.1 Å². The highest BCUT2D eigenvalue weighted by Gasteiger charge is 2.38. The second-order valence-corrected chi connectivity index (χ2v) is 10.0. The zero-order valence-corrected chi connectivity index (χ0v) is 20.8. The number of carbonyl (C=O) groups excluding carboxylic acids is 2. The number of carbonyl (C=O) groups is 2. The van der Waals surface area contributed by atoms with Crippen molar-refractivity contribution in [2.75, 3.05) is 7.05 Å². The van der Waals surface area contributed by atoms with Crippen LogP contribution in [0.15, 0.2) is 35.5 Å². The number of ether oxygens (including phenoxy) is 2. The molecule has 186 valence electrons. The lowest BCUT2D eigenvalue weighted by molar-refractivity contribution is 0.0201. The fourth-order valence-corrected chi connectivity index (χ4v) is 4.69. The van der Waals surface area contributed by atoms with Crippen molar-refractivity contribution in [1.29, 1.82) is 0 Å². The molecule has 3 aromatic heterocycles. The first-order valence-electron chi connectivity index (χ1n) is 11.7. The Kier molecular flexibility index (Phi) is 6.40. The summed E-state index contributed by atoms with van der Waals surface area (Å²) in [6.45, 7) is 7.49. The molecule has 0 aromatic carbocycles. The summed E-state index contributed by atoms with van der Waals surface area (Å²) in [4.78, 5) is 42.3. The first kappa shape index (κ1) is 24.4.